The van der Waals surface area contributed by atoms with E-state index in [9.17, 15) is 52.7 Å². The van der Waals surface area contributed by atoms with Gasteiger partial charge in [0.1, 0.15) is 23.6 Å². The zero-order valence-electron chi connectivity index (χ0n) is 24.7. The van der Waals surface area contributed by atoms with Crippen LogP contribution in [0.25, 0.3) is 33.4 Å². The Labute approximate surface area is 265 Å². The van der Waals surface area contributed by atoms with Crippen molar-refractivity contribution in [1.29, 1.82) is 0 Å². The number of hydrogen-bond acceptors (Lipinski definition) is 3. The molecule has 1 aliphatic rings. The third-order valence-corrected chi connectivity index (χ3v) is 9.24. The maximum atomic E-state index is 13.9. The highest BCUT2D eigenvalue weighted by Gasteiger charge is 2.40. The van der Waals surface area contributed by atoms with Gasteiger partial charge in [0.25, 0.3) is 0 Å². The SMILES string of the molecule is COc1c(-c2cc(C(F)(F)F)cc(C(F)(F)F)c2)cc(-c2cc(C(F)(F)F)cc(C(F)(F)F)c2)c(OC)c1-c1cccc2c1[P@](C)CO2. The van der Waals surface area contributed by atoms with Crippen LogP contribution in [0.3, 0.4) is 0 Å². The molecule has 5 rings (SSSR count). The Morgan fingerprint density at radius 1 is 0.562 bits per heavy atom. The fraction of sp³-hybridized carbons (Fsp3) is 0.250. The van der Waals surface area contributed by atoms with Gasteiger partial charge in [0.2, 0.25) is 0 Å². The van der Waals surface area contributed by atoms with Gasteiger partial charge in [-0.05, 0) is 74.2 Å². The maximum absolute atomic E-state index is 13.9. The molecule has 0 aliphatic carbocycles. The number of alkyl halides is 12. The first-order chi connectivity index (χ1) is 22.1. The second kappa shape index (κ2) is 12.1. The largest absolute Gasteiger partial charge is 0.495 e. The molecule has 1 aliphatic heterocycles. The topological polar surface area (TPSA) is 27.7 Å². The molecule has 0 bridgehead atoms. The van der Waals surface area contributed by atoms with Crippen LogP contribution < -0.4 is 19.5 Å². The lowest BCUT2D eigenvalue weighted by atomic mass is 9.88. The molecule has 256 valence electrons. The lowest BCUT2D eigenvalue weighted by molar-refractivity contribution is -0.144. The van der Waals surface area contributed by atoms with Crippen molar-refractivity contribution in [2.24, 2.45) is 0 Å². The first kappa shape index (κ1) is 35.2. The second-order valence-corrected chi connectivity index (χ2v) is 12.7. The van der Waals surface area contributed by atoms with E-state index in [-0.39, 0.29) is 41.1 Å². The monoisotopic (exact) mass is 712 g/mol. The number of hydrogen-bond donors (Lipinski definition) is 0. The molecule has 16 heteroatoms. The Bertz CT molecular complexity index is 1710. The molecule has 0 aromatic heterocycles. The standard InChI is InChI=1S/C32H21F12O3P/c1-45-26-22(15-7-17(29(33,34)35)11-18(8-15)30(36,37)38)13-23(16-9-19(31(39,40)41)12-20(10-16)32(42,43)44)27(46-2)25(26)21-5-4-6-24-28(21)48(3)14-47-24/h4-13H,14H2,1-3H3/t48-/m1/s1. The molecule has 3 nitrogen and oxygen atoms in total. The molecule has 0 N–H and O–H groups in total. The molecule has 0 spiro atoms. The van der Waals surface area contributed by atoms with Crippen molar-refractivity contribution in [2.45, 2.75) is 24.7 Å². The van der Waals surface area contributed by atoms with Crippen LogP contribution >= 0.6 is 7.92 Å². The highest BCUT2D eigenvalue weighted by atomic mass is 31.1. The molecule has 0 unspecified atom stereocenters. The summed E-state index contributed by atoms with van der Waals surface area (Å²) in [6.45, 7) is 1.80. The number of rotatable bonds is 5. The normalized spacial score (nSPS) is 15.3. The van der Waals surface area contributed by atoms with Gasteiger partial charge >= 0.3 is 24.7 Å². The summed E-state index contributed by atoms with van der Waals surface area (Å²) in [6, 6.07) is 6.74. The second-order valence-electron chi connectivity index (χ2n) is 10.6. The predicted octanol–water partition coefficient (Wildman–Crippen LogP) is 10.9. The number of benzene rings is 4. The van der Waals surface area contributed by atoms with Gasteiger partial charge in [-0.1, -0.05) is 12.1 Å². The van der Waals surface area contributed by atoms with Gasteiger partial charge in [-0.15, -0.1) is 0 Å². The lowest BCUT2D eigenvalue weighted by Crippen LogP contribution is -2.12. The average molecular weight is 712 g/mol. The number of fused-ring (bicyclic) bond motifs is 1. The van der Waals surface area contributed by atoms with E-state index in [1.165, 1.54) is 12.1 Å². The zero-order chi connectivity index (χ0) is 35.6. The third-order valence-electron chi connectivity index (χ3n) is 7.50. The van der Waals surface area contributed by atoms with Gasteiger partial charge in [0.05, 0.1) is 42.0 Å². The minimum atomic E-state index is -5.28. The van der Waals surface area contributed by atoms with Crippen molar-refractivity contribution in [3.05, 3.63) is 82.9 Å². The van der Waals surface area contributed by atoms with Gasteiger partial charge in [-0.3, -0.25) is 0 Å². The van der Waals surface area contributed by atoms with Crippen molar-refractivity contribution < 1.29 is 66.9 Å². The molecule has 48 heavy (non-hydrogen) atoms. The van der Waals surface area contributed by atoms with E-state index >= 15 is 0 Å². The summed E-state index contributed by atoms with van der Waals surface area (Å²) >= 11 is 0. The maximum Gasteiger partial charge on any atom is 0.416 e. The number of halogens is 12. The fourth-order valence-corrected chi connectivity index (χ4v) is 7.01. The predicted molar refractivity (Wildman–Crippen MR) is 154 cm³/mol. The zero-order valence-corrected chi connectivity index (χ0v) is 25.6. The molecule has 0 saturated carbocycles. The van der Waals surface area contributed by atoms with Gasteiger partial charge in [-0.2, -0.15) is 52.7 Å². The van der Waals surface area contributed by atoms with E-state index in [4.69, 9.17) is 14.2 Å². The molecule has 0 radical (unpaired) electrons. The molecular formula is C32H21F12O3P. The first-order valence-corrected chi connectivity index (χ1v) is 15.5. The molecule has 4 aromatic rings. The van der Waals surface area contributed by atoms with Crippen LogP contribution in [0.4, 0.5) is 52.7 Å². The molecular weight excluding hydrogens is 691 g/mol. The summed E-state index contributed by atoms with van der Waals surface area (Å²) in [6.07, 6.45) is -20.9. The highest BCUT2D eigenvalue weighted by molar-refractivity contribution is 7.65. The van der Waals surface area contributed by atoms with Crippen molar-refractivity contribution >= 4 is 13.2 Å². The summed E-state index contributed by atoms with van der Waals surface area (Å²) in [5.74, 6) is -0.335. The van der Waals surface area contributed by atoms with Crippen molar-refractivity contribution in [1.82, 2.24) is 0 Å². The summed E-state index contributed by atoms with van der Waals surface area (Å²) in [5.41, 5.74) is -9.20. The van der Waals surface area contributed by atoms with Crippen LogP contribution in [0, 0.1) is 0 Å². The van der Waals surface area contributed by atoms with Crippen molar-refractivity contribution in [2.75, 3.05) is 27.2 Å². The van der Waals surface area contributed by atoms with Crippen LogP contribution in [0.5, 0.6) is 17.2 Å². The van der Waals surface area contributed by atoms with Gasteiger partial charge in [-0.25, -0.2) is 0 Å². The Kier molecular flexibility index (Phi) is 8.86. The summed E-state index contributed by atoms with van der Waals surface area (Å²) < 4.78 is 184. The molecule has 4 aromatic carbocycles. The van der Waals surface area contributed by atoms with E-state index in [0.29, 0.717) is 35.3 Å². The number of ether oxygens (including phenoxy) is 3. The minimum absolute atomic E-state index is 0.116. The highest BCUT2D eigenvalue weighted by Crippen LogP contribution is 2.54. The molecule has 0 amide bonds. The van der Waals surface area contributed by atoms with E-state index in [1.54, 1.807) is 12.7 Å². The molecule has 0 fully saturated rings. The van der Waals surface area contributed by atoms with E-state index in [0.717, 1.165) is 20.3 Å². The molecule has 1 atom stereocenters. The van der Waals surface area contributed by atoms with E-state index in [2.05, 4.69) is 0 Å². The van der Waals surface area contributed by atoms with Crippen LogP contribution in [0.1, 0.15) is 22.3 Å². The van der Waals surface area contributed by atoms with E-state index in [1.807, 2.05) is 0 Å². The van der Waals surface area contributed by atoms with Crippen molar-refractivity contribution in [3.63, 3.8) is 0 Å². The smallest absolute Gasteiger partial charge is 0.416 e. The molecule has 1 heterocycles. The van der Waals surface area contributed by atoms with Crippen LogP contribution in [-0.2, 0) is 24.7 Å². The van der Waals surface area contributed by atoms with Crippen molar-refractivity contribution in [3.8, 4) is 50.6 Å². The summed E-state index contributed by atoms with van der Waals surface area (Å²) in [5, 5.41) is 0.548. The summed E-state index contributed by atoms with van der Waals surface area (Å²) in [4.78, 5) is 0. The summed E-state index contributed by atoms with van der Waals surface area (Å²) in [7, 11) is 1.01. The average Bonchev–Trinajstić information content (AvgIpc) is 3.38. The van der Waals surface area contributed by atoms with Gasteiger partial charge < -0.3 is 14.2 Å². The fourth-order valence-electron chi connectivity index (χ4n) is 5.43. The minimum Gasteiger partial charge on any atom is -0.495 e. The molecule has 0 saturated heterocycles. The van der Waals surface area contributed by atoms with E-state index < -0.39 is 77.1 Å². The lowest BCUT2D eigenvalue weighted by Gasteiger charge is -2.24. The van der Waals surface area contributed by atoms with Crippen LogP contribution in [0.2, 0.25) is 0 Å². The van der Waals surface area contributed by atoms with Gasteiger partial charge in [0, 0.05) is 22.0 Å². The number of methoxy groups -OCH3 is 2. The Balaban J connectivity index is 2.00. The van der Waals surface area contributed by atoms with Gasteiger partial charge in [0.15, 0.2) is 0 Å². The third kappa shape index (κ3) is 6.61. The quantitative estimate of drug-likeness (QED) is 0.152. The van der Waals surface area contributed by atoms with Crippen LogP contribution in [0.15, 0.2) is 60.7 Å². The van der Waals surface area contributed by atoms with Crippen LogP contribution in [-0.4, -0.2) is 27.2 Å². The Hall–Kier alpha value is -4.13. The first-order valence-electron chi connectivity index (χ1n) is 13.5. The Morgan fingerprint density at radius 3 is 1.31 bits per heavy atom. The Morgan fingerprint density at radius 2 is 0.958 bits per heavy atom.